The summed E-state index contributed by atoms with van der Waals surface area (Å²) in [6, 6.07) is 7.28. The highest BCUT2D eigenvalue weighted by atomic mass is 16.6. The number of carbonyl (C=O) groups excluding carboxylic acids is 2. The fourth-order valence-corrected chi connectivity index (χ4v) is 3.30. The lowest BCUT2D eigenvalue weighted by atomic mass is 9.71. The van der Waals surface area contributed by atoms with E-state index in [0.717, 1.165) is 11.1 Å². The Hall–Kier alpha value is -2.17. The van der Waals surface area contributed by atoms with E-state index in [1.807, 2.05) is 12.1 Å². The van der Waals surface area contributed by atoms with Gasteiger partial charge in [0.15, 0.2) is 0 Å². The van der Waals surface area contributed by atoms with Gasteiger partial charge in [-0.25, -0.2) is 0 Å². The van der Waals surface area contributed by atoms with E-state index >= 15 is 0 Å². The van der Waals surface area contributed by atoms with Crippen molar-refractivity contribution in [1.82, 2.24) is 0 Å². The molecule has 0 spiro atoms. The van der Waals surface area contributed by atoms with Gasteiger partial charge in [0.1, 0.15) is 0 Å². The van der Waals surface area contributed by atoms with E-state index in [1.54, 1.807) is 12.1 Å². The first-order valence-corrected chi connectivity index (χ1v) is 6.64. The van der Waals surface area contributed by atoms with Crippen molar-refractivity contribution in [2.45, 2.75) is 31.1 Å². The molecule has 3 rings (SSSR count). The number of carbonyl (C=O) groups is 3. The predicted molar refractivity (Wildman–Crippen MR) is 68.0 cm³/mol. The van der Waals surface area contributed by atoms with Gasteiger partial charge in [0.2, 0.25) is 0 Å². The molecule has 0 bridgehead atoms. The topological polar surface area (TPSA) is 80.7 Å². The predicted octanol–water partition coefficient (Wildman–Crippen LogP) is 1.82. The summed E-state index contributed by atoms with van der Waals surface area (Å²) >= 11 is 0. The summed E-state index contributed by atoms with van der Waals surface area (Å²) in [5.74, 6) is -2.95. The molecule has 1 aliphatic carbocycles. The highest BCUT2D eigenvalue weighted by molar-refractivity contribution is 5.95. The number of fused-ring (bicyclic) bond motifs is 1. The maximum absolute atomic E-state index is 11.7. The van der Waals surface area contributed by atoms with Crippen LogP contribution < -0.4 is 0 Å². The number of aliphatic carboxylic acids is 1. The average molecular weight is 274 g/mol. The molecule has 5 heteroatoms. The van der Waals surface area contributed by atoms with Crippen LogP contribution in [0, 0.1) is 5.92 Å². The second kappa shape index (κ2) is 4.74. The molecule has 1 heterocycles. The zero-order valence-corrected chi connectivity index (χ0v) is 10.7. The highest BCUT2D eigenvalue weighted by Gasteiger charge is 2.43. The first-order chi connectivity index (χ1) is 9.58. The first-order valence-electron chi connectivity index (χ1n) is 6.64. The highest BCUT2D eigenvalue weighted by Crippen LogP contribution is 2.45. The van der Waals surface area contributed by atoms with E-state index in [2.05, 4.69) is 4.74 Å². The molecule has 3 atom stereocenters. The van der Waals surface area contributed by atoms with Gasteiger partial charge in [0.25, 0.3) is 0 Å². The van der Waals surface area contributed by atoms with Crippen LogP contribution in [0.3, 0.4) is 0 Å². The number of cyclic esters (lactones) is 2. The minimum atomic E-state index is -0.846. The number of hydrogen-bond acceptors (Lipinski definition) is 4. The van der Waals surface area contributed by atoms with Crippen molar-refractivity contribution in [2.24, 2.45) is 5.92 Å². The maximum atomic E-state index is 11.7. The van der Waals surface area contributed by atoms with Gasteiger partial charge in [-0.3, -0.25) is 14.4 Å². The number of carboxylic acid groups (broad SMARTS) is 1. The molecule has 1 fully saturated rings. The van der Waals surface area contributed by atoms with Crippen molar-refractivity contribution in [2.75, 3.05) is 0 Å². The number of hydrogen-bond donors (Lipinski definition) is 1. The number of esters is 2. The van der Waals surface area contributed by atoms with Crippen molar-refractivity contribution >= 4 is 17.9 Å². The van der Waals surface area contributed by atoms with E-state index < -0.39 is 29.7 Å². The molecule has 2 aliphatic rings. The van der Waals surface area contributed by atoms with Gasteiger partial charge >= 0.3 is 17.9 Å². The number of carboxylic acids is 1. The molecule has 0 aromatic heterocycles. The molecule has 20 heavy (non-hydrogen) atoms. The number of rotatable bonds is 2. The van der Waals surface area contributed by atoms with Crippen LogP contribution in [0.15, 0.2) is 24.3 Å². The molecule has 104 valence electrons. The third kappa shape index (κ3) is 1.99. The Labute approximate surface area is 115 Å². The Bertz CT molecular complexity index is 592. The first kappa shape index (κ1) is 12.8. The van der Waals surface area contributed by atoms with Crippen LogP contribution >= 0.6 is 0 Å². The third-order valence-corrected chi connectivity index (χ3v) is 4.22. The fraction of sp³-hybridized carbons (Fsp3) is 0.400. The lowest BCUT2D eigenvalue weighted by Gasteiger charge is -2.31. The van der Waals surface area contributed by atoms with E-state index in [1.165, 1.54) is 0 Å². The second-order valence-electron chi connectivity index (χ2n) is 5.31. The quantitative estimate of drug-likeness (QED) is 0.657. The lowest BCUT2D eigenvalue weighted by molar-refractivity contribution is -0.153. The van der Waals surface area contributed by atoms with Crippen molar-refractivity contribution < 1.29 is 24.2 Å². The van der Waals surface area contributed by atoms with Crippen molar-refractivity contribution in [1.29, 1.82) is 0 Å². The molecule has 1 aromatic rings. The summed E-state index contributed by atoms with van der Waals surface area (Å²) in [5, 5.41) is 9.28. The van der Waals surface area contributed by atoms with Gasteiger partial charge in [-0.1, -0.05) is 24.3 Å². The molecular formula is C15H14O5. The maximum Gasteiger partial charge on any atom is 0.317 e. The van der Waals surface area contributed by atoms with Gasteiger partial charge < -0.3 is 9.84 Å². The van der Waals surface area contributed by atoms with Gasteiger partial charge in [0.05, 0.1) is 18.3 Å². The molecule has 1 N–H and O–H groups in total. The monoisotopic (exact) mass is 274 g/mol. The Morgan fingerprint density at radius 1 is 1.10 bits per heavy atom. The molecule has 1 saturated heterocycles. The Balaban J connectivity index is 1.99. The number of benzene rings is 1. The Morgan fingerprint density at radius 2 is 1.80 bits per heavy atom. The molecule has 0 radical (unpaired) electrons. The van der Waals surface area contributed by atoms with Crippen LogP contribution in [0.25, 0.3) is 0 Å². The molecule has 0 amide bonds. The smallest absolute Gasteiger partial charge is 0.317 e. The molecule has 1 aliphatic heterocycles. The van der Waals surface area contributed by atoms with E-state index in [9.17, 15) is 19.5 Å². The molecule has 1 aromatic carbocycles. The average Bonchev–Trinajstić information content (AvgIpc) is 2.76. The summed E-state index contributed by atoms with van der Waals surface area (Å²) in [6.45, 7) is 0. The molecular weight excluding hydrogens is 260 g/mol. The SMILES string of the molecule is O=C1CC(C2CCC(C(=O)O)c3ccccc32)C(=O)O1. The summed E-state index contributed by atoms with van der Waals surface area (Å²) in [7, 11) is 0. The number of ether oxygens (including phenoxy) is 1. The lowest BCUT2D eigenvalue weighted by Crippen LogP contribution is -2.26. The second-order valence-corrected chi connectivity index (χ2v) is 5.31. The van der Waals surface area contributed by atoms with Gasteiger partial charge in [-0.2, -0.15) is 0 Å². The minimum Gasteiger partial charge on any atom is -0.481 e. The van der Waals surface area contributed by atoms with Crippen LogP contribution in [-0.4, -0.2) is 23.0 Å². The minimum absolute atomic E-state index is 0.0928. The zero-order valence-electron chi connectivity index (χ0n) is 10.7. The molecule has 0 saturated carbocycles. The van der Waals surface area contributed by atoms with Crippen molar-refractivity contribution in [3.8, 4) is 0 Å². The Morgan fingerprint density at radius 3 is 2.40 bits per heavy atom. The van der Waals surface area contributed by atoms with Crippen LogP contribution in [-0.2, 0) is 19.1 Å². The van der Waals surface area contributed by atoms with Crippen LogP contribution in [0.5, 0.6) is 0 Å². The van der Waals surface area contributed by atoms with E-state index in [0.29, 0.717) is 12.8 Å². The molecule has 3 unspecified atom stereocenters. The third-order valence-electron chi connectivity index (χ3n) is 4.22. The van der Waals surface area contributed by atoms with E-state index in [4.69, 9.17) is 0 Å². The normalized spacial score (nSPS) is 28.9. The van der Waals surface area contributed by atoms with Crippen LogP contribution in [0.2, 0.25) is 0 Å². The van der Waals surface area contributed by atoms with Gasteiger partial charge in [-0.15, -0.1) is 0 Å². The summed E-state index contributed by atoms with van der Waals surface area (Å²) in [6.07, 6.45) is 1.16. The van der Waals surface area contributed by atoms with E-state index in [-0.39, 0.29) is 12.3 Å². The van der Waals surface area contributed by atoms with Gasteiger partial charge in [-0.05, 0) is 29.9 Å². The largest absolute Gasteiger partial charge is 0.481 e. The Kier molecular flexibility index (Phi) is 3.04. The fourth-order valence-electron chi connectivity index (χ4n) is 3.30. The summed E-state index contributed by atoms with van der Waals surface area (Å²) in [4.78, 5) is 34.3. The molecule has 5 nitrogen and oxygen atoms in total. The standard InChI is InChI=1S/C15H14O5/c16-13-7-12(15(19)20-13)10-5-6-11(14(17)18)9-4-2-1-3-8(9)10/h1-4,10-12H,5-7H2,(H,17,18). The van der Waals surface area contributed by atoms with Crippen LogP contribution in [0.4, 0.5) is 0 Å². The van der Waals surface area contributed by atoms with Crippen LogP contribution in [0.1, 0.15) is 42.2 Å². The summed E-state index contributed by atoms with van der Waals surface area (Å²) < 4.78 is 4.62. The van der Waals surface area contributed by atoms with Crippen molar-refractivity contribution in [3.63, 3.8) is 0 Å². The van der Waals surface area contributed by atoms with Crippen molar-refractivity contribution in [3.05, 3.63) is 35.4 Å². The zero-order chi connectivity index (χ0) is 14.3. The van der Waals surface area contributed by atoms with Gasteiger partial charge in [0, 0.05) is 0 Å². The summed E-state index contributed by atoms with van der Waals surface area (Å²) in [5.41, 5.74) is 1.62.